The Morgan fingerprint density at radius 1 is 1.27 bits per heavy atom. The zero-order valence-corrected chi connectivity index (χ0v) is 13.2. The highest BCUT2D eigenvalue weighted by Crippen LogP contribution is 2.20. The van der Waals surface area contributed by atoms with E-state index < -0.39 is 5.97 Å². The summed E-state index contributed by atoms with van der Waals surface area (Å²) >= 11 is 0. The fourth-order valence-corrected chi connectivity index (χ4v) is 2.94. The van der Waals surface area contributed by atoms with Gasteiger partial charge in [-0.15, -0.1) is 0 Å². The molecule has 120 valence electrons. The van der Waals surface area contributed by atoms with E-state index in [2.05, 4.69) is 4.90 Å². The number of amides is 1. The summed E-state index contributed by atoms with van der Waals surface area (Å²) in [5.41, 5.74) is 1.11. The molecule has 1 aromatic carbocycles. The Hall–Kier alpha value is -1.88. The zero-order valence-electron chi connectivity index (χ0n) is 13.2. The highest BCUT2D eigenvalue weighted by Gasteiger charge is 2.30. The first-order chi connectivity index (χ1) is 10.5. The van der Waals surface area contributed by atoms with Crippen molar-refractivity contribution in [3.63, 3.8) is 0 Å². The molecule has 1 aliphatic rings. The van der Waals surface area contributed by atoms with Crippen molar-refractivity contribution in [2.75, 3.05) is 20.1 Å². The molecular formula is C17H24N2O3. The monoisotopic (exact) mass is 304 g/mol. The van der Waals surface area contributed by atoms with Crippen LogP contribution in [0.4, 0.5) is 0 Å². The number of likely N-dealkylation sites (N-methyl/N-ethyl adjacent to an activating group) is 1. The number of nitrogens with zero attached hydrogens (tertiary/aromatic N) is 2. The Morgan fingerprint density at radius 3 is 2.41 bits per heavy atom. The third-order valence-electron chi connectivity index (χ3n) is 4.42. The van der Waals surface area contributed by atoms with Crippen molar-refractivity contribution in [3.05, 3.63) is 35.9 Å². The molecule has 1 aromatic rings. The molecule has 5 nitrogen and oxygen atoms in total. The number of aliphatic carboxylic acids is 1. The molecule has 0 radical (unpaired) electrons. The van der Waals surface area contributed by atoms with E-state index in [-0.39, 0.29) is 17.9 Å². The van der Waals surface area contributed by atoms with Crippen molar-refractivity contribution in [2.24, 2.45) is 5.92 Å². The summed E-state index contributed by atoms with van der Waals surface area (Å²) in [6.07, 6.45) is 1.24. The van der Waals surface area contributed by atoms with Crippen molar-refractivity contribution in [1.29, 1.82) is 0 Å². The maximum atomic E-state index is 12.5. The minimum absolute atomic E-state index is 0.0811. The van der Waals surface area contributed by atoms with Gasteiger partial charge in [0.25, 0.3) is 0 Å². The quantitative estimate of drug-likeness (QED) is 0.901. The van der Waals surface area contributed by atoms with Gasteiger partial charge in [0, 0.05) is 13.6 Å². The number of hydrogen-bond acceptors (Lipinski definition) is 3. The highest BCUT2D eigenvalue weighted by atomic mass is 16.4. The van der Waals surface area contributed by atoms with E-state index in [1.165, 1.54) is 0 Å². The summed E-state index contributed by atoms with van der Waals surface area (Å²) in [4.78, 5) is 27.3. The topological polar surface area (TPSA) is 60.9 Å². The molecule has 0 saturated carbocycles. The molecule has 1 amide bonds. The molecule has 0 spiro atoms. The van der Waals surface area contributed by atoms with Crippen LogP contribution in [0.2, 0.25) is 0 Å². The molecule has 1 heterocycles. The number of rotatable bonds is 5. The highest BCUT2D eigenvalue weighted by molar-refractivity contribution is 5.81. The molecule has 1 saturated heterocycles. The van der Waals surface area contributed by atoms with Crippen LogP contribution in [-0.4, -0.2) is 53.0 Å². The summed E-state index contributed by atoms with van der Waals surface area (Å²) in [6, 6.07) is 9.70. The van der Waals surface area contributed by atoms with Gasteiger partial charge in [-0.05, 0) is 38.4 Å². The Balaban J connectivity index is 1.88. The van der Waals surface area contributed by atoms with Crippen molar-refractivity contribution in [2.45, 2.75) is 32.4 Å². The number of carbonyl (C=O) groups is 2. The Kier molecular flexibility index (Phi) is 5.55. The molecule has 1 aliphatic heterocycles. The first kappa shape index (κ1) is 16.5. The molecule has 1 unspecified atom stereocenters. The fraction of sp³-hybridized carbons (Fsp3) is 0.529. The van der Waals surface area contributed by atoms with Gasteiger partial charge in [-0.1, -0.05) is 30.3 Å². The molecule has 5 heteroatoms. The van der Waals surface area contributed by atoms with Crippen LogP contribution in [0.25, 0.3) is 0 Å². The van der Waals surface area contributed by atoms with Crippen molar-refractivity contribution < 1.29 is 14.7 Å². The normalized spacial score (nSPS) is 17.9. The molecule has 1 fully saturated rings. The van der Waals surface area contributed by atoms with Gasteiger partial charge in [-0.2, -0.15) is 0 Å². The van der Waals surface area contributed by atoms with E-state index in [1.807, 2.05) is 44.3 Å². The summed E-state index contributed by atoms with van der Waals surface area (Å²) in [5.74, 6) is -0.905. The first-order valence-electron chi connectivity index (χ1n) is 7.74. The van der Waals surface area contributed by atoms with Crippen LogP contribution >= 0.6 is 0 Å². The van der Waals surface area contributed by atoms with E-state index >= 15 is 0 Å². The minimum atomic E-state index is -0.722. The molecule has 0 bridgehead atoms. The second-order valence-electron chi connectivity index (χ2n) is 6.00. The lowest BCUT2D eigenvalue weighted by Crippen LogP contribution is -2.49. The molecular weight excluding hydrogens is 280 g/mol. The average molecular weight is 304 g/mol. The summed E-state index contributed by atoms with van der Waals surface area (Å²) in [7, 11) is 1.82. The van der Waals surface area contributed by atoms with Crippen molar-refractivity contribution in [3.8, 4) is 0 Å². The molecule has 0 aromatic heterocycles. The lowest BCUT2D eigenvalue weighted by atomic mass is 9.96. The van der Waals surface area contributed by atoms with Gasteiger partial charge in [0.1, 0.15) is 0 Å². The van der Waals surface area contributed by atoms with Gasteiger partial charge >= 0.3 is 5.97 Å². The SMILES string of the molecule is CC(C(=O)N(C)Cc1ccccc1)N1CCC(C(=O)O)CC1. The molecule has 1 atom stereocenters. The third-order valence-corrected chi connectivity index (χ3v) is 4.42. The van der Waals surface area contributed by atoms with Crippen LogP contribution in [0.1, 0.15) is 25.3 Å². The number of hydrogen-bond donors (Lipinski definition) is 1. The Bertz CT molecular complexity index is 510. The van der Waals surface area contributed by atoms with Crippen LogP contribution in [0, 0.1) is 5.92 Å². The number of carboxylic acids is 1. The third kappa shape index (κ3) is 4.07. The number of piperidine rings is 1. The van der Waals surface area contributed by atoms with Crippen molar-refractivity contribution >= 4 is 11.9 Å². The van der Waals surface area contributed by atoms with E-state index in [0.717, 1.165) is 5.56 Å². The number of carboxylic acid groups (broad SMARTS) is 1. The van der Waals surface area contributed by atoms with Gasteiger partial charge in [0.2, 0.25) is 5.91 Å². The lowest BCUT2D eigenvalue weighted by molar-refractivity contribution is -0.144. The van der Waals surface area contributed by atoms with E-state index in [4.69, 9.17) is 5.11 Å². The molecule has 2 rings (SSSR count). The average Bonchev–Trinajstić information content (AvgIpc) is 2.54. The van der Waals surface area contributed by atoms with Crippen LogP contribution < -0.4 is 0 Å². The number of benzene rings is 1. The van der Waals surface area contributed by atoms with Crippen LogP contribution in [0.3, 0.4) is 0 Å². The maximum absolute atomic E-state index is 12.5. The van der Waals surface area contributed by atoms with E-state index in [0.29, 0.717) is 32.5 Å². The van der Waals surface area contributed by atoms with Gasteiger partial charge in [0.15, 0.2) is 0 Å². The summed E-state index contributed by atoms with van der Waals surface area (Å²) < 4.78 is 0. The van der Waals surface area contributed by atoms with Gasteiger partial charge < -0.3 is 10.0 Å². The minimum Gasteiger partial charge on any atom is -0.481 e. The van der Waals surface area contributed by atoms with Gasteiger partial charge in [0.05, 0.1) is 12.0 Å². The number of likely N-dealkylation sites (tertiary alicyclic amines) is 1. The maximum Gasteiger partial charge on any atom is 0.306 e. The van der Waals surface area contributed by atoms with Gasteiger partial charge in [-0.25, -0.2) is 0 Å². The van der Waals surface area contributed by atoms with Gasteiger partial charge in [-0.3, -0.25) is 14.5 Å². The Morgan fingerprint density at radius 2 is 1.86 bits per heavy atom. The second kappa shape index (κ2) is 7.40. The van der Waals surface area contributed by atoms with Crippen molar-refractivity contribution in [1.82, 2.24) is 9.80 Å². The summed E-state index contributed by atoms with van der Waals surface area (Å²) in [6.45, 7) is 3.84. The van der Waals surface area contributed by atoms with Crippen LogP contribution in [0.15, 0.2) is 30.3 Å². The van der Waals surface area contributed by atoms with E-state index in [9.17, 15) is 9.59 Å². The fourth-order valence-electron chi connectivity index (χ4n) is 2.94. The van der Waals surface area contributed by atoms with Crippen LogP contribution in [-0.2, 0) is 16.1 Å². The first-order valence-corrected chi connectivity index (χ1v) is 7.74. The predicted octanol–water partition coefficient (Wildman–Crippen LogP) is 1.83. The number of carbonyl (C=O) groups excluding carboxylic acids is 1. The largest absolute Gasteiger partial charge is 0.481 e. The standard InChI is InChI=1S/C17H24N2O3/c1-13(19-10-8-15(9-11-19)17(21)22)16(20)18(2)12-14-6-4-3-5-7-14/h3-7,13,15H,8-12H2,1-2H3,(H,21,22). The molecule has 22 heavy (non-hydrogen) atoms. The predicted molar refractivity (Wildman–Crippen MR) is 84.3 cm³/mol. The smallest absolute Gasteiger partial charge is 0.306 e. The Labute approximate surface area is 131 Å². The summed E-state index contributed by atoms with van der Waals surface area (Å²) in [5, 5.41) is 9.03. The second-order valence-corrected chi connectivity index (χ2v) is 6.00. The van der Waals surface area contributed by atoms with E-state index in [1.54, 1.807) is 4.90 Å². The van der Waals surface area contributed by atoms with Crippen LogP contribution in [0.5, 0.6) is 0 Å². The zero-order chi connectivity index (χ0) is 16.1. The molecule has 0 aliphatic carbocycles. The molecule has 1 N–H and O–H groups in total. The lowest BCUT2D eigenvalue weighted by Gasteiger charge is -2.35.